The van der Waals surface area contributed by atoms with E-state index in [0.29, 0.717) is 0 Å². The highest BCUT2D eigenvalue weighted by Crippen LogP contribution is 2.29. The Morgan fingerprint density at radius 3 is 2.95 bits per heavy atom. The predicted molar refractivity (Wildman–Crippen MR) is 84.2 cm³/mol. The Bertz CT molecular complexity index is 640. The van der Waals surface area contributed by atoms with E-state index in [0.717, 1.165) is 23.1 Å². The van der Waals surface area contributed by atoms with Crippen molar-refractivity contribution in [2.45, 2.75) is 19.9 Å². The summed E-state index contributed by atoms with van der Waals surface area (Å²) >= 11 is 5.19. The fourth-order valence-electron chi connectivity index (χ4n) is 1.68. The number of thiophene rings is 2. The first-order valence-corrected chi connectivity index (χ1v) is 8.60. The summed E-state index contributed by atoms with van der Waals surface area (Å²) in [5.74, 6) is 0. The van der Waals surface area contributed by atoms with Gasteiger partial charge >= 0.3 is 0 Å². The minimum absolute atomic E-state index is 0.814. The number of anilines is 1. The number of nitrogens with zero attached hydrogens (tertiary/aromatic N) is 2. The van der Waals surface area contributed by atoms with Gasteiger partial charge in [-0.1, -0.05) is 24.3 Å². The summed E-state index contributed by atoms with van der Waals surface area (Å²) in [6.45, 7) is 2.91. The molecule has 3 aromatic heterocycles. The second kappa shape index (κ2) is 5.81. The molecule has 0 saturated carbocycles. The maximum Gasteiger partial charge on any atom is 0.205 e. The highest BCUT2D eigenvalue weighted by atomic mass is 32.1. The number of aryl methyl sites for hydroxylation is 1. The molecule has 0 saturated heterocycles. The Labute approximate surface area is 124 Å². The van der Waals surface area contributed by atoms with Crippen LogP contribution in [0.4, 0.5) is 5.13 Å². The first-order valence-electron chi connectivity index (χ1n) is 6.02. The van der Waals surface area contributed by atoms with Gasteiger partial charge in [-0.3, -0.25) is 0 Å². The molecule has 0 aliphatic heterocycles. The summed E-state index contributed by atoms with van der Waals surface area (Å²) in [5.41, 5.74) is 1.31. The van der Waals surface area contributed by atoms with Gasteiger partial charge in [0.25, 0.3) is 0 Å². The zero-order valence-corrected chi connectivity index (χ0v) is 12.9. The molecule has 19 heavy (non-hydrogen) atoms. The quantitative estimate of drug-likeness (QED) is 0.754. The lowest BCUT2D eigenvalue weighted by atomic mass is 10.2. The van der Waals surface area contributed by atoms with Crippen LogP contribution in [0, 0.1) is 0 Å². The highest BCUT2D eigenvalue weighted by Gasteiger charge is 2.05. The normalized spacial score (nSPS) is 10.8. The fraction of sp³-hybridized carbons (Fsp3) is 0.231. The number of hydrogen-bond donors (Lipinski definition) is 1. The summed E-state index contributed by atoms with van der Waals surface area (Å²) in [4.78, 5) is 2.64. The van der Waals surface area contributed by atoms with Crippen molar-refractivity contribution in [3.63, 3.8) is 0 Å². The van der Waals surface area contributed by atoms with Crippen LogP contribution in [0.25, 0.3) is 10.4 Å². The van der Waals surface area contributed by atoms with Gasteiger partial charge in [-0.25, -0.2) is 0 Å². The van der Waals surface area contributed by atoms with Gasteiger partial charge in [0.05, 0.1) is 6.54 Å². The van der Waals surface area contributed by atoms with Crippen LogP contribution in [-0.4, -0.2) is 10.2 Å². The van der Waals surface area contributed by atoms with Crippen LogP contribution in [-0.2, 0) is 13.0 Å². The summed E-state index contributed by atoms with van der Waals surface area (Å²) in [6, 6.07) is 6.48. The van der Waals surface area contributed by atoms with Crippen molar-refractivity contribution >= 4 is 39.1 Å². The van der Waals surface area contributed by atoms with Crippen LogP contribution < -0.4 is 5.32 Å². The van der Waals surface area contributed by atoms with Gasteiger partial charge in [0, 0.05) is 15.3 Å². The zero-order chi connectivity index (χ0) is 13.1. The Morgan fingerprint density at radius 2 is 2.21 bits per heavy atom. The molecule has 3 rings (SSSR count). The van der Waals surface area contributed by atoms with Crippen LogP contribution in [0.15, 0.2) is 29.0 Å². The molecule has 98 valence electrons. The largest absolute Gasteiger partial charge is 0.355 e. The van der Waals surface area contributed by atoms with Crippen molar-refractivity contribution < 1.29 is 0 Å². The number of aromatic nitrogens is 2. The molecule has 3 nitrogen and oxygen atoms in total. The molecule has 0 aliphatic carbocycles. The Morgan fingerprint density at radius 1 is 1.26 bits per heavy atom. The zero-order valence-electron chi connectivity index (χ0n) is 10.4. The first-order chi connectivity index (χ1) is 9.35. The van der Waals surface area contributed by atoms with Gasteiger partial charge in [-0.2, -0.15) is 0 Å². The van der Waals surface area contributed by atoms with Gasteiger partial charge in [-0.15, -0.1) is 32.9 Å². The van der Waals surface area contributed by atoms with E-state index in [1.54, 1.807) is 34.0 Å². The molecule has 0 bridgehead atoms. The second-order valence-corrected chi connectivity index (χ2v) is 6.99. The van der Waals surface area contributed by atoms with E-state index >= 15 is 0 Å². The molecule has 0 radical (unpaired) electrons. The van der Waals surface area contributed by atoms with E-state index < -0.39 is 0 Å². The summed E-state index contributed by atoms with van der Waals surface area (Å²) < 4.78 is 0. The van der Waals surface area contributed by atoms with Crippen LogP contribution in [0.1, 0.15) is 16.8 Å². The first kappa shape index (κ1) is 12.8. The third-order valence-electron chi connectivity index (χ3n) is 2.64. The van der Waals surface area contributed by atoms with Gasteiger partial charge < -0.3 is 5.32 Å². The van der Waals surface area contributed by atoms with Crippen molar-refractivity contribution in [2.24, 2.45) is 0 Å². The van der Waals surface area contributed by atoms with Gasteiger partial charge in [-0.05, 0) is 29.3 Å². The average Bonchev–Trinajstić information content (AvgIpc) is 3.16. The van der Waals surface area contributed by atoms with Crippen molar-refractivity contribution in [3.8, 4) is 10.4 Å². The topological polar surface area (TPSA) is 37.8 Å². The van der Waals surface area contributed by atoms with Crippen molar-refractivity contribution in [1.82, 2.24) is 10.2 Å². The van der Waals surface area contributed by atoms with Gasteiger partial charge in [0.1, 0.15) is 5.01 Å². The van der Waals surface area contributed by atoms with E-state index in [1.807, 2.05) is 0 Å². The van der Waals surface area contributed by atoms with Crippen LogP contribution in [0.3, 0.4) is 0 Å². The molecule has 0 amide bonds. The van der Waals surface area contributed by atoms with Crippen LogP contribution in [0.2, 0.25) is 0 Å². The molecule has 3 heterocycles. The van der Waals surface area contributed by atoms with Crippen molar-refractivity contribution in [2.75, 3.05) is 5.32 Å². The van der Waals surface area contributed by atoms with Gasteiger partial charge in [0.15, 0.2) is 0 Å². The Kier molecular flexibility index (Phi) is 3.91. The summed E-state index contributed by atoms with van der Waals surface area (Å²) in [6.07, 6.45) is 0.945. The van der Waals surface area contributed by atoms with E-state index in [1.165, 1.54) is 15.3 Å². The third-order valence-corrected chi connectivity index (χ3v) is 5.52. The Balaban J connectivity index is 1.64. The molecule has 6 heteroatoms. The number of hydrogen-bond acceptors (Lipinski definition) is 6. The molecule has 3 aromatic rings. The molecule has 0 spiro atoms. The molecule has 0 atom stereocenters. The smallest absolute Gasteiger partial charge is 0.205 e. The lowest BCUT2D eigenvalue weighted by molar-refractivity contribution is 0.977. The monoisotopic (exact) mass is 307 g/mol. The summed E-state index contributed by atoms with van der Waals surface area (Å²) in [7, 11) is 0. The average molecular weight is 307 g/mol. The molecular formula is C13H13N3S3. The minimum Gasteiger partial charge on any atom is -0.355 e. The number of rotatable bonds is 5. The second-order valence-electron chi connectivity index (χ2n) is 3.99. The summed E-state index contributed by atoms with van der Waals surface area (Å²) in [5, 5.41) is 17.9. The molecule has 0 fully saturated rings. The Hall–Kier alpha value is -1.24. The molecular weight excluding hydrogens is 294 g/mol. The van der Waals surface area contributed by atoms with E-state index in [2.05, 4.69) is 51.4 Å². The maximum atomic E-state index is 4.12. The lowest BCUT2D eigenvalue weighted by Crippen LogP contribution is -1.96. The molecule has 1 N–H and O–H groups in total. The van der Waals surface area contributed by atoms with E-state index in [4.69, 9.17) is 0 Å². The van der Waals surface area contributed by atoms with Crippen LogP contribution >= 0.6 is 34.0 Å². The van der Waals surface area contributed by atoms with E-state index in [9.17, 15) is 0 Å². The molecule has 0 aromatic carbocycles. The molecule has 0 aliphatic rings. The predicted octanol–water partition coefficient (Wildman–Crippen LogP) is 4.50. The van der Waals surface area contributed by atoms with Crippen LogP contribution in [0.5, 0.6) is 0 Å². The highest BCUT2D eigenvalue weighted by molar-refractivity contribution is 7.15. The minimum atomic E-state index is 0.814. The van der Waals surface area contributed by atoms with Crippen molar-refractivity contribution in [3.05, 3.63) is 38.8 Å². The standard InChI is InChI=1S/C13H13N3S3/c1-2-12-15-16-13(19-12)14-7-10-6-9(8-18-10)11-4-3-5-17-11/h3-6,8H,2,7H2,1H3,(H,14,16). The fourth-order valence-corrected chi connectivity index (χ4v) is 3.96. The van der Waals surface area contributed by atoms with Gasteiger partial charge in [0.2, 0.25) is 5.13 Å². The SMILES string of the molecule is CCc1nnc(NCc2cc(-c3cccs3)cs2)s1. The molecule has 0 unspecified atom stereocenters. The van der Waals surface area contributed by atoms with Crippen molar-refractivity contribution in [1.29, 1.82) is 0 Å². The maximum absolute atomic E-state index is 4.12. The van der Waals surface area contributed by atoms with E-state index in [-0.39, 0.29) is 0 Å². The number of nitrogens with one attached hydrogen (secondary N) is 1. The third kappa shape index (κ3) is 3.02. The lowest BCUT2D eigenvalue weighted by Gasteiger charge is -1.97.